The van der Waals surface area contributed by atoms with Crippen LogP contribution in [0, 0.1) is 17.6 Å². The van der Waals surface area contributed by atoms with Gasteiger partial charge >= 0.3 is 0 Å². The number of ether oxygens (including phenoxy) is 1. The Labute approximate surface area is 110 Å². The summed E-state index contributed by atoms with van der Waals surface area (Å²) in [7, 11) is 0. The first-order chi connectivity index (χ1) is 8.61. The number of benzene rings is 1. The minimum absolute atomic E-state index is 0.0351. The lowest BCUT2D eigenvalue weighted by atomic mass is 9.99. The van der Waals surface area contributed by atoms with E-state index in [1.54, 1.807) is 0 Å². The summed E-state index contributed by atoms with van der Waals surface area (Å²) in [6.07, 6.45) is 1.51. The van der Waals surface area contributed by atoms with E-state index >= 15 is 0 Å². The van der Waals surface area contributed by atoms with Crippen LogP contribution in [-0.2, 0) is 0 Å². The molecule has 1 aliphatic heterocycles. The molecule has 1 aromatic rings. The molecule has 1 N–H and O–H groups in total. The van der Waals surface area contributed by atoms with Crippen LogP contribution in [0.15, 0.2) is 12.1 Å². The van der Waals surface area contributed by atoms with E-state index in [1.165, 1.54) is 0 Å². The third-order valence-corrected chi connectivity index (χ3v) is 3.48. The van der Waals surface area contributed by atoms with Gasteiger partial charge in [0.05, 0.1) is 0 Å². The van der Waals surface area contributed by atoms with Crippen LogP contribution in [0.4, 0.5) is 8.78 Å². The molecular weight excluding hydrogens is 260 g/mol. The highest BCUT2D eigenvalue weighted by atomic mass is 35.5. The van der Waals surface area contributed by atoms with Gasteiger partial charge in [0.25, 0.3) is 0 Å². The third-order valence-electron chi connectivity index (χ3n) is 3.26. The van der Waals surface area contributed by atoms with Gasteiger partial charge in [-0.15, -0.1) is 0 Å². The maximum Gasteiger partial charge on any atom is 0.191 e. The van der Waals surface area contributed by atoms with Crippen molar-refractivity contribution < 1.29 is 13.5 Å². The average Bonchev–Trinajstić information content (AvgIpc) is 2.81. The van der Waals surface area contributed by atoms with Gasteiger partial charge in [-0.1, -0.05) is 18.5 Å². The maximum absolute atomic E-state index is 13.6. The highest BCUT2D eigenvalue weighted by Gasteiger charge is 2.27. The van der Waals surface area contributed by atoms with Crippen LogP contribution in [-0.4, -0.2) is 19.2 Å². The smallest absolute Gasteiger partial charge is 0.191 e. The van der Waals surface area contributed by atoms with Crippen LogP contribution in [0.3, 0.4) is 0 Å². The fraction of sp³-hybridized carbons (Fsp3) is 0.538. The largest absolute Gasteiger partial charge is 0.484 e. The van der Waals surface area contributed by atoms with Crippen LogP contribution in [0.2, 0.25) is 5.02 Å². The predicted octanol–water partition coefficient (Wildman–Crippen LogP) is 3.39. The predicted molar refractivity (Wildman–Crippen MR) is 67.1 cm³/mol. The second-order valence-corrected chi connectivity index (χ2v) is 4.95. The van der Waals surface area contributed by atoms with Crippen LogP contribution in [0.1, 0.15) is 19.8 Å². The lowest BCUT2D eigenvalue weighted by Gasteiger charge is -2.23. The van der Waals surface area contributed by atoms with Gasteiger partial charge in [-0.05, 0) is 31.5 Å². The summed E-state index contributed by atoms with van der Waals surface area (Å²) >= 11 is 5.57. The Morgan fingerprint density at radius 1 is 1.44 bits per heavy atom. The third kappa shape index (κ3) is 2.93. The molecule has 1 heterocycles. The minimum atomic E-state index is -0.746. The lowest BCUT2D eigenvalue weighted by molar-refractivity contribution is 0.126. The molecule has 0 unspecified atom stereocenters. The van der Waals surface area contributed by atoms with Crippen molar-refractivity contribution in [3.63, 3.8) is 0 Å². The average molecular weight is 276 g/mol. The maximum atomic E-state index is 13.6. The van der Waals surface area contributed by atoms with Crippen molar-refractivity contribution in [3.05, 3.63) is 28.8 Å². The molecule has 0 saturated carbocycles. The number of halogens is 3. The molecule has 0 radical (unpaired) electrons. The van der Waals surface area contributed by atoms with Crippen molar-refractivity contribution in [1.82, 2.24) is 5.32 Å². The van der Waals surface area contributed by atoms with Crippen molar-refractivity contribution in [3.8, 4) is 5.75 Å². The second kappa shape index (κ2) is 5.85. The molecule has 5 heteroatoms. The fourth-order valence-electron chi connectivity index (χ4n) is 2.30. The molecule has 0 aliphatic carbocycles. The van der Waals surface area contributed by atoms with Gasteiger partial charge in [0, 0.05) is 17.5 Å². The van der Waals surface area contributed by atoms with Gasteiger partial charge in [0.2, 0.25) is 0 Å². The monoisotopic (exact) mass is 275 g/mol. The first-order valence-corrected chi connectivity index (χ1v) is 6.51. The molecule has 0 spiro atoms. The van der Waals surface area contributed by atoms with E-state index in [0.29, 0.717) is 12.3 Å². The van der Waals surface area contributed by atoms with Crippen LogP contribution in [0.5, 0.6) is 5.75 Å². The summed E-state index contributed by atoms with van der Waals surface area (Å²) < 4.78 is 32.8. The van der Waals surface area contributed by atoms with Crippen LogP contribution < -0.4 is 10.1 Å². The standard InChI is InChI=1S/C13H16ClF2NO/c1-2-12(8-3-4-17-7-8)18-13-10(15)5-9(14)6-11(13)16/h5-6,8,12,17H,2-4,7H2,1H3/t8-,12-/m0/s1. The van der Waals surface area contributed by atoms with Crippen molar-refractivity contribution in [2.75, 3.05) is 13.1 Å². The van der Waals surface area contributed by atoms with Crippen LogP contribution >= 0.6 is 11.6 Å². The van der Waals surface area contributed by atoms with E-state index in [2.05, 4.69) is 5.32 Å². The molecule has 1 fully saturated rings. The molecule has 100 valence electrons. The van der Waals surface area contributed by atoms with Gasteiger partial charge in [0.1, 0.15) is 6.10 Å². The van der Waals surface area contributed by atoms with Gasteiger partial charge in [-0.25, -0.2) is 8.78 Å². The van der Waals surface area contributed by atoms with Crippen molar-refractivity contribution >= 4 is 11.6 Å². The minimum Gasteiger partial charge on any atom is -0.484 e. The number of nitrogens with one attached hydrogen (secondary N) is 1. The topological polar surface area (TPSA) is 21.3 Å². The number of hydrogen-bond acceptors (Lipinski definition) is 2. The van der Waals surface area contributed by atoms with Gasteiger partial charge in [-0.3, -0.25) is 0 Å². The molecule has 18 heavy (non-hydrogen) atoms. The summed E-state index contributed by atoms with van der Waals surface area (Å²) in [4.78, 5) is 0. The Balaban J connectivity index is 2.16. The zero-order valence-corrected chi connectivity index (χ0v) is 10.9. The summed E-state index contributed by atoms with van der Waals surface area (Å²) in [5, 5.41) is 3.26. The fourth-order valence-corrected chi connectivity index (χ4v) is 2.49. The summed E-state index contributed by atoms with van der Waals surface area (Å²) in [6.45, 7) is 3.71. The van der Waals surface area contributed by atoms with E-state index < -0.39 is 11.6 Å². The molecule has 2 atom stereocenters. The molecule has 0 bridgehead atoms. The molecular formula is C13H16ClF2NO. The van der Waals surface area contributed by atoms with E-state index in [9.17, 15) is 8.78 Å². The Hall–Kier alpha value is -0.870. The molecule has 1 saturated heterocycles. The van der Waals surface area contributed by atoms with Crippen molar-refractivity contribution in [2.24, 2.45) is 5.92 Å². The van der Waals surface area contributed by atoms with Crippen molar-refractivity contribution in [1.29, 1.82) is 0 Å². The Kier molecular flexibility index (Phi) is 4.40. The lowest BCUT2D eigenvalue weighted by Crippen LogP contribution is -2.28. The summed E-state index contributed by atoms with van der Waals surface area (Å²) in [5.74, 6) is -1.52. The summed E-state index contributed by atoms with van der Waals surface area (Å²) in [6, 6.07) is 2.14. The van der Waals surface area contributed by atoms with E-state index in [0.717, 1.165) is 31.6 Å². The first kappa shape index (κ1) is 13.6. The second-order valence-electron chi connectivity index (χ2n) is 4.52. The normalized spacial score (nSPS) is 21.0. The Morgan fingerprint density at radius 2 is 2.11 bits per heavy atom. The van der Waals surface area contributed by atoms with Gasteiger partial charge in [0.15, 0.2) is 17.4 Å². The molecule has 1 aromatic carbocycles. The van der Waals surface area contributed by atoms with Gasteiger partial charge in [-0.2, -0.15) is 0 Å². The molecule has 1 aliphatic rings. The zero-order chi connectivity index (χ0) is 13.1. The summed E-state index contributed by atoms with van der Waals surface area (Å²) in [5.41, 5.74) is 0. The van der Waals surface area contributed by atoms with Crippen molar-refractivity contribution in [2.45, 2.75) is 25.9 Å². The Bertz CT molecular complexity index is 398. The highest BCUT2D eigenvalue weighted by molar-refractivity contribution is 6.30. The quantitative estimate of drug-likeness (QED) is 0.909. The molecule has 0 amide bonds. The van der Waals surface area contributed by atoms with E-state index in [-0.39, 0.29) is 16.9 Å². The molecule has 2 nitrogen and oxygen atoms in total. The highest BCUT2D eigenvalue weighted by Crippen LogP contribution is 2.29. The van der Waals surface area contributed by atoms with Crippen LogP contribution in [0.25, 0.3) is 0 Å². The molecule has 0 aromatic heterocycles. The zero-order valence-electron chi connectivity index (χ0n) is 10.2. The van der Waals surface area contributed by atoms with Gasteiger partial charge < -0.3 is 10.1 Å². The number of hydrogen-bond donors (Lipinski definition) is 1. The van der Waals surface area contributed by atoms with E-state index in [4.69, 9.17) is 16.3 Å². The number of rotatable bonds is 4. The first-order valence-electron chi connectivity index (χ1n) is 6.13. The SMILES string of the molecule is CC[C@H](Oc1c(F)cc(Cl)cc1F)[C@H]1CCNC1. The molecule has 2 rings (SSSR count). The Morgan fingerprint density at radius 3 is 2.61 bits per heavy atom. The van der Waals surface area contributed by atoms with E-state index in [1.807, 2.05) is 6.92 Å².